The highest BCUT2D eigenvalue weighted by Crippen LogP contribution is 2.12. The SMILES string of the molecule is O=C(O)c1csc(CCNC(=O)c2cccc(F)c2F)n1. The molecule has 0 fully saturated rings. The summed E-state index contributed by atoms with van der Waals surface area (Å²) in [5.41, 5.74) is -0.433. The Morgan fingerprint density at radius 3 is 2.76 bits per heavy atom. The van der Waals surface area contributed by atoms with Crippen LogP contribution in [0.4, 0.5) is 8.78 Å². The zero-order valence-electron chi connectivity index (χ0n) is 10.6. The van der Waals surface area contributed by atoms with Crippen LogP contribution in [0, 0.1) is 11.6 Å². The highest BCUT2D eigenvalue weighted by Gasteiger charge is 2.15. The predicted octanol–water partition coefficient (Wildman–Crippen LogP) is 2.09. The molecule has 0 bridgehead atoms. The Kier molecular flexibility index (Phi) is 4.59. The van der Waals surface area contributed by atoms with E-state index in [9.17, 15) is 18.4 Å². The van der Waals surface area contributed by atoms with Crippen LogP contribution in [0.5, 0.6) is 0 Å². The molecule has 1 amide bonds. The Bertz CT molecular complexity index is 688. The van der Waals surface area contributed by atoms with E-state index in [0.717, 1.165) is 17.4 Å². The van der Waals surface area contributed by atoms with E-state index in [-0.39, 0.29) is 17.8 Å². The van der Waals surface area contributed by atoms with E-state index in [1.807, 2.05) is 0 Å². The first kappa shape index (κ1) is 15.0. The number of thiazole rings is 1. The number of carbonyl (C=O) groups is 2. The first-order chi connectivity index (χ1) is 9.99. The number of aromatic carboxylic acids is 1. The maximum absolute atomic E-state index is 13.4. The molecule has 0 aliphatic carbocycles. The summed E-state index contributed by atoms with van der Waals surface area (Å²) in [5.74, 6) is -4.14. The number of nitrogens with one attached hydrogen (secondary N) is 1. The highest BCUT2D eigenvalue weighted by molar-refractivity contribution is 7.09. The van der Waals surface area contributed by atoms with Gasteiger partial charge in [-0.15, -0.1) is 11.3 Å². The minimum Gasteiger partial charge on any atom is -0.476 e. The lowest BCUT2D eigenvalue weighted by Crippen LogP contribution is -2.26. The Labute approximate surface area is 122 Å². The number of aromatic nitrogens is 1. The topological polar surface area (TPSA) is 79.3 Å². The second-order valence-electron chi connectivity index (χ2n) is 4.04. The number of carbonyl (C=O) groups excluding carboxylic acids is 1. The van der Waals surface area contributed by atoms with Crippen LogP contribution < -0.4 is 5.32 Å². The fourth-order valence-corrected chi connectivity index (χ4v) is 2.35. The molecule has 8 heteroatoms. The third-order valence-corrected chi connectivity index (χ3v) is 3.50. The molecular weight excluding hydrogens is 302 g/mol. The lowest BCUT2D eigenvalue weighted by Gasteiger charge is -2.05. The maximum Gasteiger partial charge on any atom is 0.355 e. The number of carboxylic acids is 1. The number of hydrogen-bond acceptors (Lipinski definition) is 4. The number of nitrogens with zero attached hydrogens (tertiary/aromatic N) is 1. The largest absolute Gasteiger partial charge is 0.476 e. The normalized spacial score (nSPS) is 10.4. The van der Waals surface area contributed by atoms with Crippen molar-refractivity contribution in [3.63, 3.8) is 0 Å². The quantitative estimate of drug-likeness (QED) is 0.886. The van der Waals surface area contributed by atoms with Crippen molar-refractivity contribution in [1.82, 2.24) is 10.3 Å². The average molecular weight is 312 g/mol. The van der Waals surface area contributed by atoms with Crippen LogP contribution >= 0.6 is 11.3 Å². The minimum absolute atomic E-state index is 0.0579. The Morgan fingerprint density at radius 2 is 2.10 bits per heavy atom. The van der Waals surface area contributed by atoms with Crippen molar-refractivity contribution in [2.75, 3.05) is 6.54 Å². The summed E-state index contributed by atoms with van der Waals surface area (Å²) in [7, 11) is 0. The van der Waals surface area contributed by atoms with Crippen molar-refractivity contribution in [2.45, 2.75) is 6.42 Å². The zero-order valence-corrected chi connectivity index (χ0v) is 11.4. The summed E-state index contributed by atoms with van der Waals surface area (Å²) < 4.78 is 26.4. The fourth-order valence-electron chi connectivity index (χ4n) is 1.58. The monoisotopic (exact) mass is 312 g/mol. The lowest BCUT2D eigenvalue weighted by molar-refractivity contribution is 0.0690. The van der Waals surface area contributed by atoms with Gasteiger partial charge in [0.2, 0.25) is 0 Å². The van der Waals surface area contributed by atoms with E-state index in [0.29, 0.717) is 11.4 Å². The van der Waals surface area contributed by atoms with Gasteiger partial charge in [0.1, 0.15) is 0 Å². The molecule has 1 heterocycles. The van der Waals surface area contributed by atoms with Gasteiger partial charge in [-0.25, -0.2) is 18.6 Å². The van der Waals surface area contributed by atoms with Crippen molar-refractivity contribution < 1.29 is 23.5 Å². The molecule has 0 unspecified atom stereocenters. The Balaban J connectivity index is 1.92. The van der Waals surface area contributed by atoms with Crippen molar-refractivity contribution in [2.24, 2.45) is 0 Å². The summed E-state index contributed by atoms with van der Waals surface area (Å²) in [6.07, 6.45) is 0.306. The smallest absolute Gasteiger partial charge is 0.355 e. The molecule has 110 valence electrons. The van der Waals surface area contributed by atoms with E-state index in [1.165, 1.54) is 17.5 Å². The van der Waals surface area contributed by atoms with Crippen molar-refractivity contribution in [3.05, 3.63) is 51.5 Å². The van der Waals surface area contributed by atoms with Crippen LogP contribution in [0.2, 0.25) is 0 Å². The summed E-state index contributed by atoms with van der Waals surface area (Å²) in [6.45, 7) is 0.140. The number of benzene rings is 1. The van der Waals surface area contributed by atoms with Crippen molar-refractivity contribution in [3.8, 4) is 0 Å². The van der Waals surface area contributed by atoms with Gasteiger partial charge in [0.05, 0.1) is 10.6 Å². The summed E-state index contributed by atoms with van der Waals surface area (Å²) >= 11 is 1.15. The number of carboxylic acid groups (broad SMARTS) is 1. The van der Waals surface area contributed by atoms with Gasteiger partial charge in [0.25, 0.3) is 5.91 Å². The molecule has 2 aromatic rings. The van der Waals surface area contributed by atoms with Crippen LogP contribution in [0.25, 0.3) is 0 Å². The van der Waals surface area contributed by atoms with Crippen LogP contribution in [-0.2, 0) is 6.42 Å². The Morgan fingerprint density at radius 1 is 1.33 bits per heavy atom. The minimum atomic E-state index is -1.20. The van der Waals surface area contributed by atoms with Gasteiger partial charge in [-0.05, 0) is 12.1 Å². The van der Waals surface area contributed by atoms with Gasteiger partial charge in [-0.3, -0.25) is 4.79 Å². The molecule has 0 saturated heterocycles. The average Bonchev–Trinajstić information content (AvgIpc) is 2.91. The van der Waals surface area contributed by atoms with Gasteiger partial charge in [-0.2, -0.15) is 0 Å². The van der Waals surface area contributed by atoms with Crippen molar-refractivity contribution >= 4 is 23.2 Å². The molecule has 5 nitrogen and oxygen atoms in total. The molecule has 0 aliphatic heterocycles. The van der Waals surface area contributed by atoms with Gasteiger partial charge in [0.15, 0.2) is 17.3 Å². The second-order valence-corrected chi connectivity index (χ2v) is 4.98. The van der Waals surface area contributed by atoms with Gasteiger partial charge < -0.3 is 10.4 Å². The van der Waals surface area contributed by atoms with Crippen LogP contribution in [0.1, 0.15) is 25.9 Å². The van der Waals surface area contributed by atoms with E-state index < -0.39 is 23.5 Å². The van der Waals surface area contributed by atoms with Gasteiger partial charge in [-0.1, -0.05) is 6.07 Å². The molecular formula is C13H10F2N2O3S. The van der Waals surface area contributed by atoms with E-state index >= 15 is 0 Å². The molecule has 0 atom stereocenters. The first-order valence-electron chi connectivity index (χ1n) is 5.89. The first-order valence-corrected chi connectivity index (χ1v) is 6.77. The van der Waals surface area contributed by atoms with Gasteiger partial charge in [0, 0.05) is 18.3 Å². The molecule has 0 aliphatic rings. The molecule has 1 aromatic heterocycles. The molecule has 21 heavy (non-hydrogen) atoms. The molecule has 2 rings (SSSR count). The number of halogens is 2. The number of amides is 1. The molecule has 2 N–H and O–H groups in total. The van der Waals surface area contributed by atoms with E-state index in [1.54, 1.807) is 0 Å². The number of rotatable bonds is 5. The molecule has 1 aromatic carbocycles. The summed E-state index contributed by atoms with van der Waals surface area (Å²) in [4.78, 5) is 26.2. The third kappa shape index (κ3) is 3.60. The molecule has 0 radical (unpaired) electrons. The van der Waals surface area contributed by atoms with Crippen LogP contribution in [-0.4, -0.2) is 28.5 Å². The Hall–Kier alpha value is -2.35. The van der Waals surface area contributed by atoms with E-state index in [2.05, 4.69) is 10.3 Å². The second kappa shape index (κ2) is 6.40. The summed E-state index contributed by atoms with van der Waals surface area (Å²) in [5, 5.41) is 13.1. The highest BCUT2D eigenvalue weighted by atomic mass is 32.1. The summed E-state index contributed by atoms with van der Waals surface area (Å²) in [6, 6.07) is 3.35. The maximum atomic E-state index is 13.4. The predicted molar refractivity (Wildman–Crippen MR) is 71.5 cm³/mol. The fraction of sp³-hybridized carbons (Fsp3) is 0.154. The number of hydrogen-bond donors (Lipinski definition) is 2. The van der Waals surface area contributed by atoms with Crippen LogP contribution in [0.15, 0.2) is 23.6 Å². The van der Waals surface area contributed by atoms with Gasteiger partial charge >= 0.3 is 5.97 Å². The molecule has 0 spiro atoms. The van der Waals surface area contributed by atoms with E-state index in [4.69, 9.17) is 5.11 Å². The molecule has 0 saturated carbocycles. The standard InChI is InChI=1S/C13H10F2N2O3S/c14-8-3-1-2-7(11(8)15)12(18)16-5-4-10-17-9(6-21-10)13(19)20/h1-3,6H,4-5H2,(H,16,18)(H,19,20). The van der Waals surface area contributed by atoms with Crippen LogP contribution in [0.3, 0.4) is 0 Å². The van der Waals surface area contributed by atoms with Crippen molar-refractivity contribution in [1.29, 1.82) is 0 Å². The lowest BCUT2D eigenvalue weighted by atomic mass is 10.2. The zero-order chi connectivity index (χ0) is 15.4. The third-order valence-electron chi connectivity index (χ3n) is 2.59.